The van der Waals surface area contributed by atoms with E-state index in [1.807, 2.05) is 24.3 Å². The number of hydrogen-bond acceptors (Lipinski definition) is 4. The van der Waals surface area contributed by atoms with Crippen LogP contribution in [0.2, 0.25) is 0 Å². The van der Waals surface area contributed by atoms with E-state index >= 15 is 0 Å². The molecule has 0 radical (unpaired) electrons. The van der Waals surface area contributed by atoms with Gasteiger partial charge in [-0.25, -0.2) is 8.42 Å². The summed E-state index contributed by atoms with van der Waals surface area (Å²) in [6.07, 6.45) is 4.13. The van der Waals surface area contributed by atoms with Gasteiger partial charge in [-0.3, -0.25) is 9.10 Å². The second-order valence-corrected chi connectivity index (χ2v) is 9.17. The zero-order valence-corrected chi connectivity index (χ0v) is 17.4. The van der Waals surface area contributed by atoms with Crippen LogP contribution in [0.15, 0.2) is 76.2 Å². The summed E-state index contributed by atoms with van der Waals surface area (Å²) in [5.41, 5.74) is 2.74. The SMILES string of the molecule is O=C(CCc1ccc(S(=O)(=O)N2CCCc3ccccc32)cc1)NCc1ccco1. The summed E-state index contributed by atoms with van der Waals surface area (Å²) in [5, 5.41) is 2.81. The van der Waals surface area contributed by atoms with Crippen LogP contribution in [0, 0.1) is 0 Å². The van der Waals surface area contributed by atoms with Crippen molar-refractivity contribution in [3.63, 3.8) is 0 Å². The smallest absolute Gasteiger partial charge is 0.264 e. The van der Waals surface area contributed by atoms with E-state index in [1.54, 1.807) is 42.7 Å². The molecule has 30 heavy (non-hydrogen) atoms. The van der Waals surface area contributed by atoms with Gasteiger partial charge in [0.15, 0.2) is 0 Å². The number of nitrogens with one attached hydrogen (secondary N) is 1. The molecule has 0 unspecified atom stereocenters. The largest absolute Gasteiger partial charge is 0.467 e. The highest BCUT2D eigenvalue weighted by molar-refractivity contribution is 7.92. The molecule has 4 rings (SSSR count). The Kier molecular flexibility index (Phi) is 5.90. The molecule has 0 fully saturated rings. The second-order valence-electron chi connectivity index (χ2n) is 7.31. The first kappa shape index (κ1) is 20.2. The third-order valence-electron chi connectivity index (χ3n) is 5.26. The van der Waals surface area contributed by atoms with Crippen molar-refractivity contribution in [1.29, 1.82) is 0 Å². The minimum Gasteiger partial charge on any atom is -0.467 e. The molecule has 2 aromatic carbocycles. The van der Waals surface area contributed by atoms with Crippen LogP contribution in [0.1, 0.15) is 29.7 Å². The van der Waals surface area contributed by atoms with Crippen LogP contribution in [0.4, 0.5) is 5.69 Å². The van der Waals surface area contributed by atoms with Gasteiger partial charge in [0, 0.05) is 13.0 Å². The van der Waals surface area contributed by atoms with Gasteiger partial charge < -0.3 is 9.73 Å². The van der Waals surface area contributed by atoms with Crippen molar-refractivity contribution >= 4 is 21.6 Å². The quantitative estimate of drug-likeness (QED) is 0.628. The Bertz CT molecular complexity index is 1110. The lowest BCUT2D eigenvalue weighted by Crippen LogP contribution is -2.35. The van der Waals surface area contributed by atoms with Crippen molar-refractivity contribution in [2.45, 2.75) is 37.1 Å². The molecule has 1 N–H and O–H groups in total. The molecular weight excluding hydrogens is 400 g/mol. The Morgan fingerprint density at radius 1 is 1.03 bits per heavy atom. The molecular formula is C23H24N2O4S. The molecule has 0 saturated carbocycles. The fourth-order valence-corrected chi connectivity index (χ4v) is 5.19. The molecule has 2 heterocycles. The van der Waals surface area contributed by atoms with Gasteiger partial charge >= 0.3 is 0 Å². The van der Waals surface area contributed by atoms with Crippen molar-refractivity contribution in [3.8, 4) is 0 Å². The number of amides is 1. The van der Waals surface area contributed by atoms with Gasteiger partial charge in [-0.05, 0) is 60.7 Å². The number of carbonyl (C=O) groups is 1. The molecule has 1 amide bonds. The number of fused-ring (bicyclic) bond motifs is 1. The number of para-hydroxylation sites is 1. The lowest BCUT2D eigenvalue weighted by atomic mass is 10.0. The lowest BCUT2D eigenvalue weighted by molar-refractivity contribution is -0.121. The first-order chi connectivity index (χ1) is 14.5. The van der Waals surface area contributed by atoms with E-state index in [0.29, 0.717) is 31.7 Å². The molecule has 0 saturated heterocycles. The number of carbonyl (C=O) groups excluding carboxylic acids is 1. The van der Waals surface area contributed by atoms with Gasteiger partial charge in [-0.15, -0.1) is 0 Å². The van der Waals surface area contributed by atoms with Crippen LogP contribution in [0.25, 0.3) is 0 Å². The van der Waals surface area contributed by atoms with Crippen LogP contribution in [0.5, 0.6) is 0 Å². The standard InChI is InChI=1S/C23H24N2O4S/c26-23(24-17-20-7-4-16-29-20)14-11-18-9-12-21(13-10-18)30(27,28)25-15-3-6-19-5-1-2-8-22(19)25/h1-2,4-5,7-10,12-13,16H,3,6,11,14-15,17H2,(H,24,26). The normalized spacial score (nSPS) is 13.7. The van der Waals surface area contributed by atoms with Gasteiger partial charge in [0.2, 0.25) is 5.91 Å². The highest BCUT2D eigenvalue weighted by Crippen LogP contribution is 2.31. The Labute approximate surface area is 176 Å². The van der Waals surface area contributed by atoms with Crippen molar-refractivity contribution in [3.05, 3.63) is 83.8 Å². The maximum Gasteiger partial charge on any atom is 0.264 e. The molecule has 7 heteroatoms. The van der Waals surface area contributed by atoms with E-state index in [9.17, 15) is 13.2 Å². The van der Waals surface area contributed by atoms with E-state index in [0.717, 1.165) is 29.7 Å². The first-order valence-corrected chi connectivity index (χ1v) is 11.5. The summed E-state index contributed by atoms with van der Waals surface area (Å²) in [6, 6.07) is 18.1. The third kappa shape index (κ3) is 4.41. The van der Waals surface area contributed by atoms with Crippen LogP contribution < -0.4 is 9.62 Å². The van der Waals surface area contributed by atoms with Crippen LogP contribution in [-0.4, -0.2) is 20.9 Å². The van der Waals surface area contributed by atoms with E-state index in [1.165, 1.54) is 4.31 Å². The maximum absolute atomic E-state index is 13.2. The average molecular weight is 425 g/mol. The number of rotatable bonds is 7. The van der Waals surface area contributed by atoms with Gasteiger partial charge in [0.05, 0.1) is 23.4 Å². The minimum atomic E-state index is -3.61. The summed E-state index contributed by atoms with van der Waals surface area (Å²) >= 11 is 0. The fraction of sp³-hybridized carbons (Fsp3) is 0.261. The van der Waals surface area contributed by atoms with Crippen LogP contribution >= 0.6 is 0 Å². The van der Waals surface area contributed by atoms with Crippen molar-refractivity contribution in [2.75, 3.05) is 10.8 Å². The van der Waals surface area contributed by atoms with E-state index in [2.05, 4.69) is 5.32 Å². The molecule has 0 atom stereocenters. The van der Waals surface area contributed by atoms with Crippen molar-refractivity contribution in [2.24, 2.45) is 0 Å². The summed E-state index contributed by atoms with van der Waals surface area (Å²) < 4.78 is 33.0. The summed E-state index contributed by atoms with van der Waals surface area (Å²) in [6.45, 7) is 0.845. The summed E-state index contributed by atoms with van der Waals surface area (Å²) in [4.78, 5) is 12.3. The molecule has 0 spiro atoms. The summed E-state index contributed by atoms with van der Waals surface area (Å²) in [5.74, 6) is 0.630. The van der Waals surface area contributed by atoms with E-state index in [4.69, 9.17) is 4.42 Å². The number of anilines is 1. The number of furan rings is 1. The highest BCUT2D eigenvalue weighted by Gasteiger charge is 2.28. The highest BCUT2D eigenvalue weighted by atomic mass is 32.2. The molecule has 0 bridgehead atoms. The van der Waals surface area contributed by atoms with Gasteiger partial charge in [0.25, 0.3) is 10.0 Å². The molecule has 3 aromatic rings. The minimum absolute atomic E-state index is 0.0759. The monoisotopic (exact) mass is 424 g/mol. The molecule has 1 aliphatic rings. The molecule has 6 nitrogen and oxygen atoms in total. The Hall–Kier alpha value is -3.06. The maximum atomic E-state index is 13.2. The molecule has 1 aromatic heterocycles. The van der Waals surface area contributed by atoms with Gasteiger partial charge in [-0.1, -0.05) is 30.3 Å². The van der Waals surface area contributed by atoms with Gasteiger partial charge in [-0.2, -0.15) is 0 Å². The second kappa shape index (κ2) is 8.75. The number of hydrogen-bond donors (Lipinski definition) is 1. The summed E-state index contributed by atoms with van der Waals surface area (Å²) in [7, 11) is -3.61. The van der Waals surface area contributed by atoms with Crippen LogP contribution in [-0.2, 0) is 34.2 Å². The Morgan fingerprint density at radius 2 is 1.83 bits per heavy atom. The van der Waals surface area contributed by atoms with Crippen molar-refractivity contribution in [1.82, 2.24) is 5.32 Å². The lowest BCUT2D eigenvalue weighted by Gasteiger charge is -2.30. The third-order valence-corrected chi connectivity index (χ3v) is 7.09. The molecule has 0 aliphatic carbocycles. The number of sulfonamides is 1. The Balaban J connectivity index is 1.39. The fourth-order valence-electron chi connectivity index (χ4n) is 3.65. The Morgan fingerprint density at radius 3 is 2.60 bits per heavy atom. The zero-order chi connectivity index (χ0) is 21.0. The molecule has 156 valence electrons. The van der Waals surface area contributed by atoms with E-state index < -0.39 is 10.0 Å². The zero-order valence-electron chi connectivity index (χ0n) is 16.6. The van der Waals surface area contributed by atoms with E-state index in [-0.39, 0.29) is 10.8 Å². The molecule has 1 aliphatic heterocycles. The topological polar surface area (TPSA) is 79.6 Å². The number of nitrogens with zero attached hydrogens (tertiary/aromatic N) is 1. The number of aryl methyl sites for hydroxylation is 2. The van der Waals surface area contributed by atoms with Crippen LogP contribution in [0.3, 0.4) is 0 Å². The predicted molar refractivity (Wildman–Crippen MR) is 115 cm³/mol. The number of benzene rings is 2. The van der Waals surface area contributed by atoms with Gasteiger partial charge in [0.1, 0.15) is 5.76 Å². The first-order valence-electron chi connectivity index (χ1n) is 10.0. The predicted octanol–water partition coefficient (Wildman–Crippen LogP) is 3.67. The van der Waals surface area contributed by atoms with Crippen molar-refractivity contribution < 1.29 is 17.6 Å². The average Bonchev–Trinajstić information content (AvgIpc) is 3.30.